The lowest BCUT2D eigenvalue weighted by molar-refractivity contribution is 0.0696. The normalized spacial score (nSPS) is 9.87. The van der Waals surface area contributed by atoms with Gasteiger partial charge in [-0.2, -0.15) is 10.2 Å². The van der Waals surface area contributed by atoms with E-state index in [-0.39, 0.29) is 5.56 Å². The van der Waals surface area contributed by atoms with Crippen LogP contribution in [0.15, 0.2) is 36.8 Å². The van der Waals surface area contributed by atoms with Crippen molar-refractivity contribution in [3.05, 3.63) is 42.4 Å². The Balaban J connectivity index is 2.46. The van der Waals surface area contributed by atoms with E-state index < -0.39 is 5.97 Å². The highest BCUT2D eigenvalue weighted by molar-refractivity contribution is 5.88. The molecule has 2 aromatic rings. The second-order valence-corrected chi connectivity index (χ2v) is 2.88. The zero-order valence-electron chi connectivity index (χ0n) is 7.66. The fourth-order valence-electron chi connectivity index (χ4n) is 1.15. The maximum atomic E-state index is 10.7. The maximum Gasteiger partial charge on any atom is 0.337 e. The van der Waals surface area contributed by atoms with Gasteiger partial charge in [-0.25, -0.2) is 4.79 Å². The molecule has 0 aliphatic heterocycles. The number of aromatic nitrogens is 3. The fraction of sp³-hybridized carbons (Fsp3) is 0. The molecule has 0 atom stereocenters. The largest absolute Gasteiger partial charge is 0.478 e. The average Bonchev–Trinajstić information content (AvgIpc) is 2.30. The molecule has 74 valence electrons. The van der Waals surface area contributed by atoms with Crippen molar-refractivity contribution < 1.29 is 9.90 Å². The highest BCUT2D eigenvalue weighted by Crippen LogP contribution is 2.15. The highest BCUT2D eigenvalue weighted by atomic mass is 16.4. The number of aromatic carboxylic acids is 1. The van der Waals surface area contributed by atoms with Crippen LogP contribution in [0.5, 0.6) is 0 Å². The van der Waals surface area contributed by atoms with Crippen LogP contribution in [0, 0.1) is 0 Å². The van der Waals surface area contributed by atoms with Crippen molar-refractivity contribution in [3.8, 4) is 11.3 Å². The van der Waals surface area contributed by atoms with Gasteiger partial charge in [-0.3, -0.25) is 4.98 Å². The van der Waals surface area contributed by atoms with Gasteiger partial charge in [0.2, 0.25) is 0 Å². The fourth-order valence-corrected chi connectivity index (χ4v) is 1.15. The van der Waals surface area contributed by atoms with Crippen LogP contribution in [0.25, 0.3) is 11.3 Å². The van der Waals surface area contributed by atoms with E-state index in [0.717, 1.165) is 0 Å². The lowest BCUT2D eigenvalue weighted by Gasteiger charge is -1.99. The first kappa shape index (κ1) is 9.26. The molecule has 2 heterocycles. The molecular weight excluding hydrogens is 194 g/mol. The quantitative estimate of drug-likeness (QED) is 0.790. The molecule has 2 aromatic heterocycles. The summed E-state index contributed by atoms with van der Waals surface area (Å²) in [5, 5.41) is 16.4. The maximum absolute atomic E-state index is 10.7. The van der Waals surface area contributed by atoms with Crippen LogP contribution in [-0.4, -0.2) is 26.3 Å². The summed E-state index contributed by atoms with van der Waals surface area (Å²) in [6, 6.07) is 4.99. The number of nitrogens with zero attached hydrogens (tertiary/aromatic N) is 3. The lowest BCUT2D eigenvalue weighted by atomic mass is 10.1. The van der Waals surface area contributed by atoms with E-state index in [4.69, 9.17) is 5.11 Å². The van der Waals surface area contributed by atoms with Crippen molar-refractivity contribution in [1.82, 2.24) is 15.2 Å². The van der Waals surface area contributed by atoms with Gasteiger partial charge in [-0.1, -0.05) is 0 Å². The second-order valence-electron chi connectivity index (χ2n) is 2.88. The van der Waals surface area contributed by atoms with E-state index in [1.54, 1.807) is 24.5 Å². The topological polar surface area (TPSA) is 76.0 Å². The summed E-state index contributed by atoms with van der Waals surface area (Å²) >= 11 is 0. The molecule has 0 bridgehead atoms. The number of carboxylic acids is 1. The Labute approximate surface area is 85.4 Å². The van der Waals surface area contributed by atoms with Crippen molar-refractivity contribution in [2.75, 3.05) is 0 Å². The monoisotopic (exact) mass is 201 g/mol. The van der Waals surface area contributed by atoms with Gasteiger partial charge in [0, 0.05) is 24.2 Å². The minimum absolute atomic E-state index is 0.137. The predicted octanol–water partition coefficient (Wildman–Crippen LogP) is 1.24. The van der Waals surface area contributed by atoms with Crippen LogP contribution < -0.4 is 0 Å². The molecule has 0 radical (unpaired) electrons. The van der Waals surface area contributed by atoms with Gasteiger partial charge in [-0.15, -0.1) is 0 Å². The van der Waals surface area contributed by atoms with E-state index in [0.29, 0.717) is 11.3 Å². The minimum atomic E-state index is -1.01. The van der Waals surface area contributed by atoms with Crippen molar-refractivity contribution in [2.24, 2.45) is 0 Å². The first-order chi connectivity index (χ1) is 7.27. The molecule has 0 saturated heterocycles. The SMILES string of the molecule is O=C(O)c1cncc(-c2cccnn2)c1. The summed E-state index contributed by atoms with van der Waals surface area (Å²) in [5.74, 6) is -1.01. The molecule has 0 aliphatic rings. The van der Waals surface area contributed by atoms with Gasteiger partial charge < -0.3 is 5.11 Å². The molecule has 0 unspecified atom stereocenters. The van der Waals surface area contributed by atoms with E-state index >= 15 is 0 Å². The molecule has 0 fully saturated rings. The zero-order valence-corrected chi connectivity index (χ0v) is 7.66. The molecule has 1 N–H and O–H groups in total. The molecule has 0 aliphatic carbocycles. The van der Waals surface area contributed by atoms with Crippen LogP contribution >= 0.6 is 0 Å². The minimum Gasteiger partial charge on any atom is -0.478 e. The van der Waals surface area contributed by atoms with Gasteiger partial charge in [0.15, 0.2) is 0 Å². The van der Waals surface area contributed by atoms with Crippen LogP contribution in [0.1, 0.15) is 10.4 Å². The van der Waals surface area contributed by atoms with Gasteiger partial charge in [0.05, 0.1) is 11.3 Å². The molecule has 15 heavy (non-hydrogen) atoms. The van der Waals surface area contributed by atoms with Crippen molar-refractivity contribution in [3.63, 3.8) is 0 Å². The summed E-state index contributed by atoms with van der Waals surface area (Å²) in [7, 11) is 0. The molecule has 0 amide bonds. The average molecular weight is 201 g/mol. The smallest absolute Gasteiger partial charge is 0.337 e. The zero-order chi connectivity index (χ0) is 10.7. The molecule has 0 spiro atoms. The first-order valence-electron chi connectivity index (χ1n) is 4.24. The van der Waals surface area contributed by atoms with Crippen LogP contribution in [0.2, 0.25) is 0 Å². The third-order valence-corrected chi connectivity index (χ3v) is 1.85. The number of pyridine rings is 1. The second kappa shape index (κ2) is 3.83. The van der Waals surface area contributed by atoms with E-state index in [1.165, 1.54) is 12.3 Å². The molecule has 0 aromatic carbocycles. The van der Waals surface area contributed by atoms with Crippen LogP contribution in [0.3, 0.4) is 0 Å². The molecule has 0 saturated carbocycles. The van der Waals surface area contributed by atoms with E-state index in [1.807, 2.05) is 0 Å². The highest BCUT2D eigenvalue weighted by Gasteiger charge is 2.06. The summed E-state index contributed by atoms with van der Waals surface area (Å²) in [6.07, 6.45) is 4.40. The first-order valence-corrected chi connectivity index (χ1v) is 4.24. The van der Waals surface area contributed by atoms with Gasteiger partial charge in [-0.05, 0) is 18.2 Å². The summed E-state index contributed by atoms with van der Waals surface area (Å²) in [5.41, 5.74) is 1.38. The van der Waals surface area contributed by atoms with Crippen LogP contribution in [-0.2, 0) is 0 Å². The van der Waals surface area contributed by atoms with Crippen molar-refractivity contribution in [1.29, 1.82) is 0 Å². The van der Waals surface area contributed by atoms with E-state index in [2.05, 4.69) is 15.2 Å². The Morgan fingerprint density at radius 1 is 1.33 bits per heavy atom. The number of hydrogen-bond acceptors (Lipinski definition) is 4. The number of carbonyl (C=O) groups is 1. The molecule has 2 rings (SSSR count). The lowest BCUT2D eigenvalue weighted by Crippen LogP contribution is -1.97. The summed E-state index contributed by atoms with van der Waals surface area (Å²) < 4.78 is 0. The van der Waals surface area contributed by atoms with Crippen molar-refractivity contribution >= 4 is 5.97 Å². The van der Waals surface area contributed by atoms with Gasteiger partial charge >= 0.3 is 5.97 Å². The van der Waals surface area contributed by atoms with Crippen LogP contribution in [0.4, 0.5) is 0 Å². The van der Waals surface area contributed by atoms with E-state index in [9.17, 15) is 4.79 Å². The Kier molecular flexibility index (Phi) is 2.37. The molecule has 5 heteroatoms. The number of rotatable bonds is 2. The number of carboxylic acid groups (broad SMARTS) is 1. The van der Waals surface area contributed by atoms with Gasteiger partial charge in [0.1, 0.15) is 0 Å². The van der Waals surface area contributed by atoms with Gasteiger partial charge in [0.25, 0.3) is 0 Å². The third-order valence-electron chi connectivity index (χ3n) is 1.85. The Bertz CT molecular complexity index is 485. The summed E-state index contributed by atoms with van der Waals surface area (Å²) in [4.78, 5) is 14.5. The third kappa shape index (κ3) is 1.96. The molecular formula is C10H7N3O2. The number of hydrogen-bond donors (Lipinski definition) is 1. The standard InChI is InChI=1S/C10H7N3O2/c14-10(15)8-4-7(5-11-6-8)9-2-1-3-12-13-9/h1-6H,(H,14,15). The summed E-state index contributed by atoms with van der Waals surface area (Å²) in [6.45, 7) is 0. The Morgan fingerprint density at radius 2 is 2.20 bits per heavy atom. The Hall–Kier alpha value is -2.30. The molecule has 5 nitrogen and oxygen atoms in total. The Morgan fingerprint density at radius 3 is 2.87 bits per heavy atom. The van der Waals surface area contributed by atoms with Crippen molar-refractivity contribution in [2.45, 2.75) is 0 Å². The predicted molar refractivity (Wildman–Crippen MR) is 52.2 cm³/mol.